The highest BCUT2D eigenvalue weighted by atomic mass is 35.5. The first-order valence-electron chi connectivity index (χ1n) is 8.32. The molecule has 2 amide bonds. The second-order valence-corrected chi connectivity index (χ2v) is 6.28. The van der Waals surface area contributed by atoms with Gasteiger partial charge in [0.2, 0.25) is 0 Å². The summed E-state index contributed by atoms with van der Waals surface area (Å²) in [6.45, 7) is 7.65. The van der Waals surface area contributed by atoms with E-state index in [2.05, 4.69) is 15.5 Å². The first-order chi connectivity index (χ1) is 11.2. The van der Waals surface area contributed by atoms with Crippen LogP contribution >= 0.6 is 24.8 Å². The first kappa shape index (κ1) is 21.8. The van der Waals surface area contributed by atoms with E-state index in [4.69, 9.17) is 4.74 Å². The van der Waals surface area contributed by atoms with Crippen LogP contribution in [0.1, 0.15) is 12.0 Å². The highest BCUT2D eigenvalue weighted by Crippen LogP contribution is 2.22. The lowest BCUT2D eigenvalue weighted by molar-refractivity contribution is 0.119. The molecule has 0 aromatic heterocycles. The van der Waals surface area contributed by atoms with Crippen molar-refractivity contribution in [3.05, 3.63) is 23.8 Å². The van der Waals surface area contributed by atoms with Crippen LogP contribution in [0.2, 0.25) is 0 Å². The molecule has 0 radical (unpaired) electrons. The van der Waals surface area contributed by atoms with Crippen molar-refractivity contribution in [3.63, 3.8) is 0 Å². The number of carbonyl (C=O) groups excluding carboxylic acids is 1. The maximum Gasteiger partial charge on any atom is 0.321 e. The zero-order chi connectivity index (χ0) is 16.2. The van der Waals surface area contributed by atoms with Crippen molar-refractivity contribution in [3.8, 4) is 5.75 Å². The van der Waals surface area contributed by atoms with Gasteiger partial charge in [0.05, 0.1) is 7.11 Å². The second kappa shape index (κ2) is 10.1. The van der Waals surface area contributed by atoms with E-state index in [1.54, 1.807) is 7.11 Å². The third-order valence-electron chi connectivity index (χ3n) is 4.84. The summed E-state index contributed by atoms with van der Waals surface area (Å²) in [6.07, 6.45) is 1.22. The van der Waals surface area contributed by atoms with E-state index in [1.165, 1.54) is 6.42 Å². The number of methoxy groups -OCH3 is 1. The van der Waals surface area contributed by atoms with E-state index in [0.29, 0.717) is 6.04 Å². The van der Waals surface area contributed by atoms with Gasteiger partial charge < -0.3 is 20.3 Å². The molecular formula is C17H28Cl2N4O2. The number of piperazine rings is 1. The van der Waals surface area contributed by atoms with E-state index in [1.807, 2.05) is 30.0 Å². The van der Waals surface area contributed by atoms with Gasteiger partial charge in [-0.15, -0.1) is 24.8 Å². The topological polar surface area (TPSA) is 56.8 Å². The van der Waals surface area contributed by atoms with Crippen LogP contribution in [0.15, 0.2) is 18.2 Å². The largest absolute Gasteiger partial charge is 0.497 e. The maximum atomic E-state index is 12.5. The minimum absolute atomic E-state index is 0. The van der Waals surface area contributed by atoms with E-state index in [9.17, 15) is 4.79 Å². The molecular weight excluding hydrogens is 363 g/mol. The van der Waals surface area contributed by atoms with Crippen LogP contribution in [0.5, 0.6) is 5.75 Å². The highest BCUT2D eigenvalue weighted by molar-refractivity contribution is 5.90. The summed E-state index contributed by atoms with van der Waals surface area (Å²) in [4.78, 5) is 16.9. The van der Waals surface area contributed by atoms with Gasteiger partial charge in [-0.25, -0.2) is 4.79 Å². The molecule has 142 valence electrons. The number of anilines is 1. The molecule has 1 aromatic rings. The Bertz CT molecular complexity index is 560. The van der Waals surface area contributed by atoms with Crippen LogP contribution in [-0.2, 0) is 0 Å². The summed E-state index contributed by atoms with van der Waals surface area (Å²) in [6, 6.07) is 6.35. The summed E-state index contributed by atoms with van der Waals surface area (Å²) in [5.41, 5.74) is 1.85. The number of amides is 2. The summed E-state index contributed by atoms with van der Waals surface area (Å²) in [7, 11) is 1.63. The average Bonchev–Trinajstić information content (AvgIpc) is 3.11. The average molecular weight is 391 g/mol. The fourth-order valence-corrected chi connectivity index (χ4v) is 3.30. The van der Waals surface area contributed by atoms with Crippen molar-refractivity contribution in [2.24, 2.45) is 0 Å². The standard InChI is InChI=1S/C17H26N4O2.2ClH/c1-13-3-4-15(23-2)11-16(13)19-17(22)21-9-7-20(8-10-21)14-5-6-18-12-14;;/h3-4,11,14,18H,5-10,12H2,1-2H3,(H,19,22);2*1H. The van der Waals surface area contributed by atoms with Crippen molar-refractivity contribution >= 4 is 36.5 Å². The SMILES string of the molecule is COc1ccc(C)c(NC(=O)N2CCN(C3CCNC3)CC2)c1.Cl.Cl. The Balaban J connectivity index is 0.00000156. The third-order valence-corrected chi connectivity index (χ3v) is 4.84. The molecule has 0 aliphatic carbocycles. The second-order valence-electron chi connectivity index (χ2n) is 6.28. The lowest BCUT2D eigenvalue weighted by Gasteiger charge is -2.37. The minimum Gasteiger partial charge on any atom is -0.497 e. The van der Waals surface area contributed by atoms with Crippen LogP contribution in [0.3, 0.4) is 0 Å². The predicted octanol–water partition coefficient (Wildman–Crippen LogP) is 2.36. The quantitative estimate of drug-likeness (QED) is 0.831. The molecule has 2 fully saturated rings. The zero-order valence-corrected chi connectivity index (χ0v) is 16.4. The summed E-state index contributed by atoms with van der Waals surface area (Å²) in [5, 5.41) is 6.42. The molecule has 2 heterocycles. The summed E-state index contributed by atoms with van der Waals surface area (Å²) < 4.78 is 5.23. The molecule has 0 spiro atoms. The fourth-order valence-electron chi connectivity index (χ4n) is 3.30. The minimum atomic E-state index is -0.0226. The van der Waals surface area contributed by atoms with Crippen molar-refractivity contribution in [1.82, 2.24) is 15.1 Å². The molecule has 25 heavy (non-hydrogen) atoms. The number of ether oxygens (including phenoxy) is 1. The van der Waals surface area contributed by atoms with Crippen LogP contribution < -0.4 is 15.4 Å². The van der Waals surface area contributed by atoms with Gasteiger partial charge in [-0.3, -0.25) is 4.90 Å². The van der Waals surface area contributed by atoms with Crippen molar-refractivity contribution in [2.75, 3.05) is 51.7 Å². The number of aryl methyl sites for hydroxylation is 1. The molecule has 8 heteroatoms. The lowest BCUT2D eigenvalue weighted by Crippen LogP contribution is -2.53. The Kier molecular flexibility index (Phi) is 8.79. The van der Waals surface area contributed by atoms with Gasteiger partial charge in [-0.05, 0) is 31.5 Å². The molecule has 0 saturated carbocycles. The smallest absolute Gasteiger partial charge is 0.321 e. The number of carbonyl (C=O) groups is 1. The predicted molar refractivity (Wildman–Crippen MR) is 106 cm³/mol. The molecule has 2 aliphatic rings. The third kappa shape index (κ3) is 5.38. The van der Waals surface area contributed by atoms with Crippen molar-refractivity contribution in [2.45, 2.75) is 19.4 Å². The van der Waals surface area contributed by atoms with Crippen LogP contribution in [0.4, 0.5) is 10.5 Å². The van der Waals surface area contributed by atoms with Gasteiger partial charge >= 0.3 is 6.03 Å². The van der Waals surface area contributed by atoms with Crippen LogP contribution in [0, 0.1) is 6.92 Å². The number of urea groups is 1. The Morgan fingerprint density at radius 1 is 1.24 bits per heavy atom. The Morgan fingerprint density at radius 2 is 1.96 bits per heavy atom. The van der Waals surface area contributed by atoms with Gasteiger partial charge in [0, 0.05) is 50.5 Å². The Morgan fingerprint density at radius 3 is 2.56 bits per heavy atom. The molecule has 0 bridgehead atoms. The van der Waals surface area contributed by atoms with Gasteiger partial charge in [0.1, 0.15) is 5.75 Å². The van der Waals surface area contributed by atoms with Crippen LogP contribution in [-0.4, -0.2) is 68.3 Å². The van der Waals surface area contributed by atoms with E-state index in [0.717, 1.165) is 56.3 Å². The number of rotatable bonds is 3. The lowest BCUT2D eigenvalue weighted by atomic mass is 10.2. The number of nitrogens with one attached hydrogen (secondary N) is 2. The highest BCUT2D eigenvalue weighted by Gasteiger charge is 2.27. The number of hydrogen-bond donors (Lipinski definition) is 2. The molecule has 6 nitrogen and oxygen atoms in total. The molecule has 3 rings (SSSR count). The molecule has 1 atom stereocenters. The van der Waals surface area contributed by atoms with E-state index >= 15 is 0 Å². The number of benzene rings is 1. The van der Waals surface area contributed by atoms with Crippen molar-refractivity contribution < 1.29 is 9.53 Å². The van der Waals surface area contributed by atoms with Gasteiger partial charge in [-0.1, -0.05) is 6.07 Å². The molecule has 2 N–H and O–H groups in total. The first-order valence-corrected chi connectivity index (χ1v) is 8.32. The molecule has 1 aromatic carbocycles. The zero-order valence-electron chi connectivity index (χ0n) is 14.8. The number of nitrogens with zero attached hydrogens (tertiary/aromatic N) is 2. The molecule has 1 unspecified atom stereocenters. The Hall–Kier alpha value is -1.21. The Labute approximate surface area is 162 Å². The van der Waals surface area contributed by atoms with E-state index in [-0.39, 0.29) is 30.8 Å². The van der Waals surface area contributed by atoms with Gasteiger partial charge in [0.15, 0.2) is 0 Å². The molecule has 2 saturated heterocycles. The van der Waals surface area contributed by atoms with Crippen LogP contribution in [0.25, 0.3) is 0 Å². The number of hydrogen-bond acceptors (Lipinski definition) is 4. The number of halogens is 2. The maximum absolute atomic E-state index is 12.5. The van der Waals surface area contributed by atoms with E-state index < -0.39 is 0 Å². The summed E-state index contributed by atoms with van der Waals surface area (Å²) in [5.74, 6) is 0.754. The fraction of sp³-hybridized carbons (Fsp3) is 0.588. The monoisotopic (exact) mass is 390 g/mol. The normalized spacial score (nSPS) is 20.4. The van der Waals surface area contributed by atoms with Crippen molar-refractivity contribution in [1.29, 1.82) is 0 Å². The van der Waals surface area contributed by atoms with Gasteiger partial charge in [-0.2, -0.15) is 0 Å². The summed E-state index contributed by atoms with van der Waals surface area (Å²) >= 11 is 0. The van der Waals surface area contributed by atoms with Gasteiger partial charge in [0.25, 0.3) is 0 Å². The molecule has 2 aliphatic heterocycles.